The molecule has 0 saturated carbocycles. The zero-order chi connectivity index (χ0) is 12.8. The van der Waals surface area contributed by atoms with Gasteiger partial charge in [0, 0.05) is 11.9 Å². The van der Waals surface area contributed by atoms with Gasteiger partial charge in [0.2, 0.25) is 0 Å². The Morgan fingerprint density at radius 2 is 2.28 bits per heavy atom. The quantitative estimate of drug-likeness (QED) is 0.797. The second-order valence-corrected chi connectivity index (χ2v) is 5.29. The molecular weight excluding hydrogens is 248 g/mol. The van der Waals surface area contributed by atoms with Gasteiger partial charge >= 0.3 is 0 Å². The van der Waals surface area contributed by atoms with Gasteiger partial charge in [-0.1, -0.05) is 0 Å². The van der Waals surface area contributed by atoms with E-state index in [-0.39, 0.29) is 5.91 Å². The monoisotopic (exact) mass is 268 g/mol. The van der Waals surface area contributed by atoms with Gasteiger partial charge in [-0.2, -0.15) is 11.3 Å². The molecule has 2 heterocycles. The van der Waals surface area contributed by atoms with Crippen LogP contribution in [0.5, 0.6) is 0 Å². The van der Waals surface area contributed by atoms with E-state index in [0.29, 0.717) is 19.3 Å². The second-order valence-electron chi connectivity index (χ2n) is 4.54. The molecule has 0 bridgehead atoms. The van der Waals surface area contributed by atoms with Gasteiger partial charge < -0.3 is 15.4 Å². The van der Waals surface area contributed by atoms with Gasteiger partial charge in [0.05, 0.1) is 18.3 Å². The van der Waals surface area contributed by atoms with Gasteiger partial charge in [-0.3, -0.25) is 4.79 Å². The fourth-order valence-electron chi connectivity index (χ4n) is 2.04. The number of amides is 1. The lowest BCUT2D eigenvalue weighted by Gasteiger charge is -2.22. The summed E-state index contributed by atoms with van der Waals surface area (Å²) in [4.78, 5) is 11.8. The Balaban J connectivity index is 1.63. The number of piperidine rings is 1. The largest absolute Gasteiger partial charge is 0.376 e. The maximum atomic E-state index is 11.8. The van der Waals surface area contributed by atoms with E-state index in [9.17, 15) is 4.79 Å². The lowest BCUT2D eigenvalue weighted by Crippen LogP contribution is -2.34. The number of carbonyl (C=O) groups excluding carboxylic acids is 1. The van der Waals surface area contributed by atoms with E-state index in [4.69, 9.17) is 4.74 Å². The maximum absolute atomic E-state index is 11.8. The van der Waals surface area contributed by atoms with Crippen LogP contribution in [0.15, 0.2) is 10.8 Å². The first kappa shape index (κ1) is 13.5. The molecule has 1 aromatic rings. The van der Waals surface area contributed by atoms with Crippen molar-refractivity contribution in [2.24, 2.45) is 0 Å². The lowest BCUT2D eigenvalue weighted by molar-refractivity contribution is 0.0343. The number of aryl methyl sites for hydroxylation is 1. The third-order valence-corrected chi connectivity index (χ3v) is 3.99. The molecule has 2 N–H and O–H groups in total. The minimum absolute atomic E-state index is 0.00246. The molecular formula is C13H20N2O2S. The van der Waals surface area contributed by atoms with E-state index >= 15 is 0 Å². The highest BCUT2D eigenvalue weighted by atomic mass is 32.1. The summed E-state index contributed by atoms with van der Waals surface area (Å²) in [6.45, 7) is 5.20. The number of nitrogens with one attached hydrogen (secondary N) is 2. The molecule has 0 spiro atoms. The molecule has 2 rings (SSSR count). The summed E-state index contributed by atoms with van der Waals surface area (Å²) < 4.78 is 5.73. The van der Waals surface area contributed by atoms with Crippen molar-refractivity contribution >= 4 is 17.2 Å². The first-order valence-electron chi connectivity index (χ1n) is 6.40. The summed E-state index contributed by atoms with van der Waals surface area (Å²) in [7, 11) is 0. The van der Waals surface area contributed by atoms with Crippen LogP contribution in [0.3, 0.4) is 0 Å². The van der Waals surface area contributed by atoms with E-state index < -0.39 is 0 Å². The van der Waals surface area contributed by atoms with E-state index in [2.05, 4.69) is 10.6 Å². The van der Waals surface area contributed by atoms with Crippen LogP contribution < -0.4 is 10.6 Å². The standard InChI is InChI=1S/C13H20N2O2S/c1-10-8-18-9-12(10)13(16)15-6-7-17-11-2-4-14-5-3-11/h8-9,11,14H,2-7H2,1H3,(H,15,16). The van der Waals surface area contributed by atoms with Gasteiger partial charge in [0.15, 0.2) is 0 Å². The molecule has 1 aliphatic rings. The van der Waals surface area contributed by atoms with Gasteiger partial charge in [0.25, 0.3) is 5.91 Å². The Bertz CT molecular complexity index is 386. The first-order chi connectivity index (χ1) is 8.77. The van der Waals surface area contributed by atoms with E-state index in [0.717, 1.165) is 37.1 Å². The van der Waals surface area contributed by atoms with Crippen LogP contribution in [-0.4, -0.2) is 38.3 Å². The van der Waals surface area contributed by atoms with Crippen molar-refractivity contribution in [3.8, 4) is 0 Å². The number of hydrogen-bond acceptors (Lipinski definition) is 4. The van der Waals surface area contributed by atoms with Crippen molar-refractivity contribution in [2.75, 3.05) is 26.2 Å². The molecule has 1 aliphatic heterocycles. The summed E-state index contributed by atoms with van der Waals surface area (Å²) in [5.41, 5.74) is 1.82. The summed E-state index contributed by atoms with van der Waals surface area (Å²) >= 11 is 1.56. The molecule has 18 heavy (non-hydrogen) atoms. The zero-order valence-corrected chi connectivity index (χ0v) is 11.5. The van der Waals surface area contributed by atoms with Crippen molar-refractivity contribution < 1.29 is 9.53 Å². The highest BCUT2D eigenvalue weighted by Crippen LogP contribution is 2.13. The first-order valence-corrected chi connectivity index (χ1v) is 7.35. The van der Waals surface area contributed by atoms with Crippen molar-refractivity contribution in [1.29, 1.82) is 0 Å². The minimum Gasteiger partial charge on any atom is -0.376 e. The van der Waals surface area contributed by atoms with Crippen LogP contribution in [-0.2, 0) is 4.74 Å². The Morgan fingerprint density at radius 3 is 2.94 bits per heavy atom. The molecule has 1 amide bonds. The van der Waals surface area contributed by atoms with Gasteiger partial charge in [-0.15, -0.1) is 0 Å². The molecule has 0 atom stereocenters. The number of carbonyl (C=O) groups is 1. The fourth-order valence-corrected chi connectivity index (χ4v) is 2.87. The molecule has 0 unspecified atom stereocenters. The predicted octanol–water partition coefficient (Wildman–Crippen LogP) is 1.55. The van der Waals surface area contributed by atoms with Crippen molar-refractivity contribution in [1.82, 2.24) is 10.6 Å². The maximum Gasteiger partial charge on any atom is 0.252 e. The Morgan fingerprint density at radius 1 is 1.50 bits per heavy atom. The molecule has 1 saturated heterocycles. The third-order valence-electron chi connectivity index (χ3n) is 3.13. The van der Waals surface area contributed by atoms with Gasteiger partial charge in [-0.05, 0) is 43.8 Å². The molecule has 0 aliphatic carbocycles. The summed E-state index contributed by atoms with van der Waals surface area (Å²) in [5.74, 6) is 0.00246. The Hall–Kier alpha value is -0.910. The van der Waals surface area contributed by atoms with Gasteiger partial charge in [-0.25, -0.2) is 0 Å². The topological polar surface area (TPSA) is 50.4 Å². The summed E-state index contributed by atoms with van der Waals surface area (Å²) in [6, 6.07) is 0. The van der Waals surface area contributed by atoms with E-state index in [1.54, 1.807) is 11.3 Å². The average molecular weight is 268 g/mol. The van der Waals surface area contributed by atoms with E-state index in [1.165, 1.54) is 0 Å². The Kier molecular flexibility index (Phi) is 5.16. The van der Waals surface area contributed by atoms with E-state index in [1.807, 2.05) is 17.7 Å². The lowest BCUT2D eigenvalue weighted by atomic mass is 10.1. The van der Waals surface area contributed by atoms with Crippen molar-refractivity contribution in [3.63, 3.8) is 0 Å². The highest BCUT2D eigenvalue weighted by Gasteiger charge is 2.13. The SMILES string of the molecule is Cc1cscc1C(=O)NCCOC1CCNCC1. The summed E-state index contributed by atoms with van der Waals surface area (Å²) in [5, 5.41) is 10.1. The van der Waals surface area contributed by atoms with Crippen LogP contribution in [0, 0.1) is 6.92 Å². The zero-order valence-electron chi connectivity index (χ0n) is 10.7. The van der Waals surface area contributed by atoms with Crippen molar-refractivity contribution in [2.45, 2.75) is 25.9 Å². The predicted molar refractivity (Wildman–Crippen MR) is 73.2 cm³/mol. The molecule has 1 fully saturated rings. The third kappa shape index (κ3) is 3.80. The van der Waals surface area contributed by atoms with Crippen LogP contribution in [0.1, 0.15) is 28.8 Å². The highest BCUT2D eigenvalue weighted by molar-refractivity contribution is 7.08. The van der Waals surface area contributed by atoms with Crippen LogP contribution in [0.4, 0.5) is 0 Å². The van der Waals surface area contributed by atoms with Crippen molar-refractivity contribution in [3.05, 3.63) is 21.9 Å². The molecule has 5 heteroatoms. The number of ether oxygens (including phenoxy) is 1. The molecule has 0 aromatic carbocycles. The molecule has 100 valence electrons. The number of rotatable bonds is 5. The number of thiophene rings is 1. The van der Waals surface area contributed by atoms with Crippen LogP contribution in [0.2, 0.25) is 0 Å². The number of hydrogen-bond donors (Lipinski definition) is 2. The van der Waals surface area contributed by atoms with Crippen LogP contribution in [0.25, 0.3) is 0 Å². The van der Waals surface area contributed by atoms with Crippen LogP contribution >= 0.6 is 11.3 Å². The smallest absolute Gasteiger partial charge is 0.252 e. The van der Waals surface area contributed by atoms with Gasteiger partial charge in [0.1, 0.15) is 0 Å². The normalized spacial score (nSPS) is 16.7. The second kappa shape index (κ2) is 6.87. The minimum atomic E-state index is 0.00246. The molecule has 0 radical (unpaired) electrons. The summed E-state index contributed by atoms with van der Waals surface area (Å²) in [6.07, 6.45) is 2.49. The average Bonchev–Trinajstić information content (AvgIpc) is 2.82. The molecule has 4 nitrogen and oxygen atoms in total. The fraction of sp³-hybridized carbons (Fsp3) is 0.615. The Labute approximate surface area is 112 Å². The molecule has 1 aromatic heterocycles.